The summed E-state index contributed by atoms with van der Waals surface area (Å²) in [6.07, 6.45) is 0.921. The standard InChI is InChI=1S/C28H31N3O5/c1-14(2)15-6-8-16(9-7-15)23-24-19(29-27-25(23)28(33)31-30-27)10-17(11-20(24)32)18-12-21(34-3)26(36-5)22(13-18)35-4/h6-9,12-14,17,23H,10-11H2,1-5H3,(H3,29,30,31,33)/t17-,23-/m0/s1. The third-order valence-electron chi connectivity index (χ3n) is 7.27. The zero-order chi connectivity index (χ0) is 25.6. The van der Waals surface area contributed by atoms with E-state index in [1.165, 1.54) is 5.56 Å². The van der Waals surface area contributed by atoms with Gasteiger partial charge in [-0.15, -0.1) is 0 Å². The van der Waals surface area contributed by atoms with Gasteiger partial charge in [0.25, 0.3) is 5.56 Å². The Morgan fingerprint density at radius 1 is 0.861 bits per heavy atom. The molecule has 188 valence electrons. The molecule has 8 heteroatoms. The van der Waals surface area contributed by atoms with Crippen molar-refractivity contribution in [1.29, 1.82) is 0 Å². The van der Waals surface area contributed by atoms with Crippen LogP contribution in [0.3, 0.4) is 0 Å². The van der Waals surface area contributed by atoms with Crippen LogP contribution in [0, 0.1) is 0 Å². The maximum atomic E-state index is 13.7. The Balaban J connectivity index is 1.58. The molecule has 0 saturated carbocycles. The lowest BCUT2D eigenvalue weighted by atomic mass is 9.72. The Hall–Kier alpha value is -3.94. The number of fused-ring (bicyclic) bond motifs is 1. The molecule has 8 nitrogen and oxygen atoms in total. The second kappa shape index (κ2) is 9.26. The fourth-order valence-electron chi connectivity index (χ4n) is 5.40. The number of aromatic amines is 2. The van der Waals surface area contributed by atoms with Gasteiger partial charge in [0.1, 0.15) is 5.82 Å². The SMILES string of the molecule is COc1cc([C@@H]2CC(=O)C3=C(C2)Nc2[nH][nH]c(=O)c2[C@H]3c2ccc(C(C)C)cc2)cc(OC)c1OC. The highest BCUT2D eigenvalue weighted by molar-refractivity contribution is 6.01. The number of allylic oxidation sites excluding steroid dienone is 2. The van der Waals surface area contributed by atoms with Gasteiger partial charge in [-0.3, -0.25) is 19.8 Å². The first kappa shape index (κ1) is 23.8. The van der Waals surface area contributed by atoms with Crippen molar-refractivity contribution in [2.75, 3.05) is 26.6 Å². The molecule has 0 amide bonds. The molecule has 0 fully saturated rings. The number of carbonyl (C=O) groups excluding carboxylic acids is 1. The van der Waals surface area contributed by atoms with E-state index in [4.69, 9.17) is 14.2 Å². The number of benzene rings is 2. The molecule has 36 heavy (non-hydrogen) atoms. The molecule has 0 unspecified atom stereocenters. The largest absolute Gasteiger partial charge is 0.493 e. The molecule has 2 aromatic carbocycles. The van der Waals surface area contributed by atoms with Gasteiger partial charge in [0.05, 0.1) is 26.9 Å². The number of aromatic nitrogens is 2. The summed E-state index contributed by atoms with van der Waals surface area (Å²) in [6, 6.07) is 12.0. The Labute approximate surface area is 209 Å². The predicted octanol–water partition coefficient (Wildman–Crippen LogP) is 4.81. The number of carbonyl (C=O) groups is 1. The van der Waals surface area contributed by atoms with Crippen molar-refractivity contribution in [2.24, 2.45) is 0 Å². The smallest absolute Gasteiger partial charge is 0.270 e. The lowest BCUT2D eigenvalue weighted by Gasteiger charge is -2.35. The Kier molecular flexibility index (Phi) is 6.12. The van der Waals surface area contributed by atoms with E-state index in [1.54, 1.807) is 21.3 Å². The number of Topliss-reactive ketones (excluding diaryl/α,β-unsaturated/α-hetero) is 1. The van der Waals surface area contributed by atoms with Crippen LogP contribution in [0.1, 0.15) is 66.7 Å². The fraction of sp³-hybridized carbons (Fsp3) is 0.357. The quantitative estimate of drug-likeness (QED) is 0.459. The van der Waals surface area contributed by atoms with Crippen LogP contribution in [-0.4, -0.2) is 37.3 Å². The first-order chi connectivity index (χ1) is 17.4. The zero-order valence-corrected chi connectivity index (χ0v) is 21.2. The molecular formula is C28H31N3O5. The topological polar surface area (TPSA) is 105 Å². The molecule has 1 aromatic heterocycles. The summed E-state index contributed by atoms with van der Waals surface area (Å²) < 4.78 is 16.5. The summed E-state index contributed by atoms with van der Waals surface area (Å²) in [4.78, 5) is 26.5. The van der Waals surface area contributed by atoms with Crippen molar-refractivity contribution in [1.82, 2.24) is 10.2 Å². The number of methoxy groups -OCH3 is 3. The zero-order valence-electron chi connectivity index (χ0n) is 21.2. The first-order valence-electron chi connectivity index (χ1n) is 12.1. The predicted molar refractivity (Wildman–Crippen MR) is 138 cm³/mol. The summed E-state index contributed by atoms with van der Waals surface area (Å²) in [5, 5.41) is 8.99. The van der Waals surface area contributed by atoms with Crippen LogP contribution in [-0.2, 0) is 4.79 Å². The van der Waals surface area contributed by atoms with Crippen molar-refractivity contribution in [3.63, 3.8) is 0 Å². The number of ketones is 1. The van der Waals surface area contributed by atoms with Crippen LogP contribution >= 0.6 is 0 Å². The Morgan fingerprint density at radius 2 is 1.53 bits per heavy atom. The molecule has 3 aromatic rings. The lowest BCUT2D eigenvalue weighted by molar-refractivity contribution is -0.116. The van der Waals surface area contributed by atoms with E-state index < -0.39 is 5.92 Å². The number of ether oxygens (including phenoxy) is 3. The minimum absolute atomic E-state index is 0.0201. The molecule has 2 heterocycles. The van der Waals surface area contributed by atoms with Crippen molar-refractivity contribution in [3.8, 4) is 17.2 Å². The van der Waals surface area contributed by atoms with Crippen LogP contribution in [0.5, 0.6) is 17.2 Å². The lowest BCUT2D eigenvalue weighted by Crippen LogP contribution is -2.31. The summed E-state index contributed by atoms with van der Waals surface area (Å²) in [5.74, 6) is 2.12. The molecule has 0 bridgehead atoms. The van der Waals surface area contributed by atoms with Crippen molar-refractivity contribution >= 4 is 11.6 Å². The second-order valence-corrected chi connectivity index (χ2v) is 9.63. The van der Waals surface area contributed by atoms with Crippen LogP contribution in [0.2, 0.25) is 0 Å². The summed E-state index contributed by atoms with van der Waals surface area (Å²) >= 11 is 0. The average Bonchev–Trinajstić information content (AvgIpc) is 3.26. The van der Waals surface area contributed by atoms with Crippen molar-refractivity contribution in [2.45, 2.75) is 44.4 Å². The van der Waals surface area contributed by atoms with E-state index >= 15 is 0 Å². The number of nitrogens with one attached hydrogen (secondary N) is 3. The number of H-pyrrole nitrogens is 2. The fourth-order valence-corrected chi connectivity index (χ4v) is 5.40. The van der Waals surface area contributed by atoms with E-state index in [-0.39, 0.29) is 17.3 Å². The third kappa shape index (κ3) is 3.86. The van der Waals surface area contributed by atoms with Gasteiger partial charge in [-0.25, -0.2) is 0 Å². The van der Waals surface area contributed by atoms with Gasteiger partial charge in [-0.1, -0.05) is 38.1 Å². The van der Waals surface area contributed by atoms with Crippen molar-refractivity contribution in [3.05, 3.63) is 80.3 Å². The van der Waals surface area contributed by atoms with E-state index in [1.807, 2.05) is 24.3 Å². The Bertz CT molecular complexity index is 1370. The second-order valence-electron chi connectivity index (χ2n) is 9.63. The van der Waals surface area contributed by atoms with Crippen LogP contribution in [0.25, 0.3) is 0 Å². The van der Waals surface area contributed by atoms with Gasteiger partial charge < -0.3 is 19.5 Å². The first-order valence-corrected chi connectivity index (χ1v) is 12.1. The number of hydrogen-bond donors (Lipinski definition) is 3. The van der Waals surface area contributed by atoms with Gasteiger partial charge in [0.15, 0.2) is 17.3 Å². The normalized spacial score (nSPS) is 19.0. The van der Waals surface area contributed by atoms with E-state index in [0.717, 1.165) is 16.8 Å². The van der Waals surface area contributed by atoms with Gasteiger partial charge >= 0.3 is 0 Å². The molecule has 5 rings (SSSR count). The summed E-state index contributed by atoms with van der Waals surface area (Å²) in [5.41, 5.74) is 4.88. The maximum absolute atomic E-state index is 13.7. The minimum atomic E-state index is -0.430. The molecule has 0 spiro atoms. The Morgan fingerprint density at radius 3 is 2.11 bits per heavy atom. The van der Waals surface area contributed by atoms with E-state index in [0.29, 0.717) is 53.0 Å². The minimum Gasteiger partial charge on any atom is -0.493 e. The van der Waals surface area contributed by atoms with Crippen molar-refractivity contribution < 1.29 is 19.0 Å². The van der Waals surface area contributed by atoms with Gasteiger partial charge in [-0.2, -0.15) is 0 Å². The average molecular weight is 490 g/mol. The molecular weight excluding hydrogens is 458 g/mol. The number of anilines is 1. The van der Waals surface area contributed by atoms with Crippen LogP contribution in [0.15, 0.2) is 52.5 Å². The molecule has 2 atom stereocenters. The highest BCUT2D eigenvalue weighted by Gasteiger charge is 2.40. The van der Waals surface area contributed by atoms with Gasteiger partial charge in [0.2, 0.25) is 5.75 Å². The summed E-state index contributed by atoms with van der Waals surface area (Å²) in [7, 11) is 4.72. The molecule has 1 aliphatic heterocycles. The molecule has 0 radical (unpaired) electrons. The van der Waals surface area contributed by atoms with E-state index in [9.17, 15) is 9.59 Å². The van der Waals surface area contributed by atoms with Crippen LogP contribution < -0.4 is 25.1 Å². The number of hydrogen-bond acceptors (Lipinski definition) is 6. The van der Waals surface area contributed by atoms with E-state index in [2.05, 4.69) is 41.5 Å². The van der Waals surface area contributed by atoms with Crippen LogP contribution in [0.4, 0.5) is 5.82 Å². The molecule has 0 saturated heterocycles. The monoisotopic (exact) mass is 489 g/mol. The highest BCUT2D eigenvalue weighted by Crippen LogP contribution is 2.48. The van der Waals surface area contributed by atoms with Gasteiger partial charge in [-0.05, 0) is 47.1 Å². The molecule has 1 aliphatic carbocycles. The summed E-state index contributed by atoms with van der Waals surface area (Å²) in [6.45, 7) is 4.28. The third-order valence-corrected chi connectivity index (χ3v) is 7.27. The molecule has 2 aliphatic rings. The van der Waals surface area contributed by atoms with Gasteiger partial charge in [0, 0.05) is 23.6 Å². The highest BCUT2D eigenvalue weighted by atomic mass is 16.5. The molecule has 3 N–H and O–H groups in total. The maximum Gasteiger partial charge on any atom is 0.270 e. The number of rotatable bonds is 6.